The van der Waals surface area contributed by atoms with Gasteiger partial charge in [-0.1, -0.05) is 11.2 Å². The van der Waals surface area contributed by atoms with Crippen molar-refractivity contribution >= 4 is 5.91 Å². The van der Waals surface area contributed by atoms with Gasteiger partial charge in [-0.3, -0.25) is 14.7 Å². The second-order valence-electron chi connectivity index (χ2n) is 6.32. The van der Waals surface area contributed by atoms with E-state index in [0.29, 0.717) is 5.69 Å². The van der Waals surface area contributed by atoms with Crippen LogP contribution in [0, 0.1) is 0 Å². The maximum atomic E-state index is 12.3. The van der Waals surface area contributed by atoms with Gasteiger partial charge in [0.1, 0.15) is 5.76 Å². The van der Waals surface area contributed by atoms with Crippen LogP contribution in [0.2, 0.25) is 0 Å². The molecule has 1 fully saturated rings. The summed E-state index contributed by atoms with van der Waals surface area (Å²) >= 11 is 0. The lowest BCUT2D eigenvalue weighted by atomic mass is 10.1. The van der Waals surface area contributed by atoms with Crippen LogP contribution in [0.25, 0.3) is 0 Å². The predicted molar refractivity (Wildman–Crippen MR) is 92.3 cm³/mol. The molecule has 0 saturated carbocycles. The van der Waals surface area contributed by atoms with E-state index in [9.17, 15) is 4.79 Å². The number of carbonyl (C=O) groups excluding carboxylic acids is 1. The van der Waals surface area contributed by atoms with Crippen molar-refractivity contribution < 1.29 is 14.1 Å². The zero-order valence-electron chi connectivity index (χ0n) is 14.5. The number of aromatic nitrogens is 2. The Kier molecular flexibility index (Phi) is 6.14. The summed E-state index contributed by atoms with van der Waals surface area (Å²) in [5.74, 6) is 0.523. The van der Waals surface area contributed by atoms with Crippen LogP contribution in [-0.4, -0.2) is 59.8 Å². The third-order valence-electron chi connectivity index (χ3n) is 4.21. The van der Waals surface area contributed by atoms with Gasteiger partial charge in [0.15, 0.2) is 5.69 Å². The molecule has 1 aliphatic rings. The number of pyridine rings is 1. The van der Waals surface area contributed by atoms with E-state index < -0.39 is 0 Å². The van der Waals surface area contributed by atoms with E-state index in [-0.39, 0.29) is 11.9 Å². The molecule has 7 heteroatoms. The first-order valence-corrected chi connectivity index (χ1v) is 8.66. The summed E-state index contributed by atoms with van der Waals surface area (Å²) in [5.41, 5.74) is 1.41. The van der Waals surface area contributed by atoms with Crippen molar-refractivity contribution in [3.05, 3.63) is 47.6 Å². The molecule has 25 heavy (non-hydrogen) atoms. The molecular weight excluding hydrogens is 320 g/mol. The summed E-state index contributed by atoms with van der Waals surface area (Å²) in [7, 11) is 0. The Morgan fingerprint density at radius 3 is 3.00 bits per heavy atom. The molecule has 7 nitrogen and oxygen atoms in total. The highest BCUT2D eigenvalue weighted by atomic mass is 16.5. The van der Waals surface area contributed by atoms with Crippen LogP contribution in [-0.2, 0) is 17.6 Å². The third kappa shape index (κ3) is 5.37. The van der Waals surface area contributed by atoms with E-state index in [1.54, 1.807) is 12.3 Å². The highest BCUT2D eigenvalue weighted by Crippen LogP contribution is 2.08. The largest absolute Gasteiger partial charge is 0.379 e. The maximum absolute atomic E-state index is 12.3. The molecule has 1 amide bonds. The molecule has 134 valence electrons. The summed E-state index contributed by atoms with van der Waals surface area (Å²) in [6.07, 6.45) is 5.01. The van der Waals surface area contributed by atoms with Crippen molar-refractivity contribution in [2.24, 2.45) is 0 Å². The summed E-state index contributed by atoms with van der Waals surface area (Å²) in [5, 5.41) is 6.84. The van der Waals surface area contributed by atoms with Crippen LogP contribution in [0.15, 0.2) is 35.1 Å². The van der Waals surface area contributed by atoms with E-state index in [0.717, 1.165) is 57.0 Å². The Bertz CT molecular complexity index is 668. The Hall–Kier alpha value is -2.25. The molecule has 0 unspecified atom stereocenters. The molecule has 2 aromatic rings. The van der Waals surface area contributed by atoms with E-state index in [4.69, 9.17) is 9.26 Å². The quantitative estimate of drug-likeness (QED) is 0.816. The second kappa shape index (κ2) is 8.73. The lowest BCUT2D eigenvalue weighted by Crippen LogP contribution is -2.37. The first kappa shape index (κ1) is 17.6. The fraction of sp³-hybridized carbons (Fsp3) is 0.500. The Morgan fingerprint density at radius 1 is 1.40 bits per heavy atom. The van der Waals surface area contributed by atoms with Gasteiger partial charge in [-0.05, 0) is 25.0 Å². The first-order chi connectivity index (χ1) is 12.2. The fourth-order valence-electron chi connectivity index (χ4n) is 2.85. The average Bonchev–Trinajstić information content (AvgIpc) is 3.11. The maximum Gasteiger partial charge on any atom is 0.273 e. The molecule has 1 N–H and O–H groups in total. The second-order valence-corrected chi connectivity index (χ2v) is 6.32. The van der Waals surface area contributed by atoms with Gasteiger partial charge in [0.25, 0.3) is 5.91 Å². The van der Waals surface area contributed by atoms with Gasteiger partial charge >= 0.3 is 0 Å². The summed E-state index contributed by atoms with van der Waals surface area (Å²) in [6.45, 7) is 6.28. The number of hydrogen-bond donors (Lipinski definition) is 1. The van der Waals surface area contributed by atoms with Gasteiger partial charge in [0.05, 0.1) is 13.2 Å². The standard InChI is InChI=1S/C18H24N4O3/c1-14(11-15-3-2-5-19-13-15)20-18(23)17-12-16(25-21-17)4-6-22-7-9-24-10-8-22/h2-3,5,12-14H,4,6-11H2,1H3,(H,20,23)/t14-/m1/s1. The highest BCUT2D eigenvalue weighted by Gasteiger charge is 2.16. The number of nitrogens with zero attached hydrogens (tertiary/aromatic N) is 3. The minimum atomic E-state index is -0.210. The van der Waals surface area contributed by atoms with E-state index >= 15 is 0 Å². The molecule has 0 spiro atoms. The number of hydrogen-bond acceptors (Lipinski definition) is 6. The van der Waals surface area contributed by atoms with Gasteiger partial charge in [0.2, 0.25) is 0 Å². The SMILES string of the molecule is C[C@H](Cc1cccnc1)NC(=O)c1cc(CCN2CCOCC2)on1. The lowest BCUT2D eigenvalue weighted by Gasteiger charge is -2.25. The van der Waals surface area contributed by atoms with Gasteiger partial charge < -0.3 is 14.6 Å². The number of carbonyl (C=O) groups is 1. The third-order valence-corrected chi connectivity index (χ3v) is 4.21. The highest BCUT2D eigenvalue weighted by molar-refractivity contribution is 5.92. The fourth-order valence-corrected chi connectivity index (χ4v) is 2.85. The molecule has 3 heterocycles. The molecular formula is C18H24N4O3. The van der Waals surface area contributed by atoms with Crippen LogP contribution in [0.3, 0.4) is 0 Å². The normalized spacial score (nSPS) is 16.5. The van der Waals surface area contributed by atoms with Crippen LogP contribution < -0.4 is 5.32 Å². The van der Waals surface area contributed by atoms with Crippen LogP contribution in [0.4, 0.5) is 0 Å². The van der Waals surface area contributed by atoms with Gasteiger partial charge in [-0.25, -0.2) is 0 Å². The van der Waals surface area contributed by atoms with Crippen LogP contribution >= 0.6 is 0 Å². The first-order valence-electron chi connectivity index (χ1n) is 8.66. The smallest absolute Gasteiger partial charge is 0.273 e. The van der Waals surface area contributed by atoms with Crippen molar-refractivity contribution in [3.63, 3.8) is 0 Å². The topological polar surface area (TPSA) is 80.5 Å². The molecule has 0 radical (unpaired) electrons. The number of ether oxygens (including phenoxy) is 1. The molecule has 0 aromatic carbocycles. The number of rotatable bonds is 7. The van der Waals surface area contributed by atoms with Gasteiger partial charge in [-0.15, -0.1) is 0 Å². The number of amides is 1. The molecule has 3 rings (SSSR count). The van der Waals surface area contributed by atoms with Crippen molar-refractivity contribution in [3.8, 4) is 0 Å². The van der Waals surface area contributed by atoms with Crippen molar-refractivity contribution in [1.29, 1.82) is 0 Å². The molecule has 1 aliphatic heterocycles. The van der Waals surface area contributed by atoms with E-state index in [1.165, 1.54) is 0 Å². The summed E-state index contributed by atoms with van der Waals surface area (Å²) < 4.78 is 10.6. The van der Waals surface area contributed by atoms with Crippen molar-refractivity contribution in [1.82, 2.24) is 20.4 Å². The number of nitrogens with one attached hydrogen (secondary N) is 1. The minimum Gasteiger partial charge on any atom is -0.379 e. The van der Waals surface area contributed by atoms with Gasteiger partial charge in [-0.2, -0.15) is 0 Å². The van der Waals surface area contributed by atoms with Crippen LogP contribution in [0.5, 0.6) is 0 Å². The molecule has 1 saturated heterocycles. The molecule has 0 aliphatic carbocycles. The van der Waals surface area contributed by atoms with Gasteiger partial charge in [0, 0.05) is 50.6 Å². The van der Waals surface area contributed by atoms with Crippen molar-refractivity contribution in [2.75, 3.05) is 32.8 Å². The van der Waals surface area contributed by atoms with Crippen molar-refractivity contribution in [2.45, 2.75) is 25.8 Å². The lowest BCUT2D eigenvalue weighted by molar-refractivity contribution is 0.0377. The van der Waals surface area contributed by atoms with Crippen LogP contribution in [0.1, 0.15) is 28.7 Å². The number of morpholine rings is 1. The molecule has 0 bridgehead atoms. The minimum absolute atomic E-state index is 0.00907. The monoisotopic (exact) mass is 344 g/mol. The molecule has 1 atom stereocenters. The Labute approximate surface area is 147 Å². The zero-order chi connectivity index (χ0) is 17.5. The Balaban J connectivity index is 1.46. The predicted octanol–water partition coefficient (Wildman–Crippen LogP) is 1.31. The average molecular weight is 344 g/mol. The van der Waals surface area contributed by atoms with E-state index in [2.05, 4.69) is 20.4 Å². The summed E-state index contributed by atoms with van der Waals surface area (Å²) in [6, 6.07) is 5.61. The Morgan fingerprint density at radius 2 is 2.24 bits per heavy atom. The molecule has 2 aromatic heterocycles. The zero-order valence-corrected chi connectivity index (χ0v) is 14.5. The van der Waals surface area contributed by atoms with E-state index in [1.807, 2.05) is 25.3 Å². The summed E-state index contributed by atoms with van der Waals surface area (Å²) in [4.78, 5) is 18.7.